The Balaban J connectivity index is 1.20. The summed E-state index contributed by atoms with van der Waals surface area (Å²) in [5, 5.41) is 5.70. The molecule has 0 unspecified atom stereocenters. The minimum atomic E-state index is -0.842. The Morgan fingerprint density at radius 3 is 2.65 bits per heavy atom. The quantitative estimate of drug-likeness (QED) is 0.665. The van der Waals surface area contributed by atoms with E-state index in [9.17, 15) is 9.59 Å². The Bertz CT molecular complexity index is 1130. The fourth-order valence-electron chi connectivity index (χ4n) is 4.10. The minimum absolute atomic E-state index is 0.0443. The number of anilines is 2. The van der Waals surface area contributed by atoms with Crippen LogP contribution in [-0.2, 0) is 29.2 Å². The molecule has 2 heterocycles. The normalized spacial score (nSPS) is 17.3. The first-order chi connectivity index (χ1) is 15.1. The number of nitrogens with one attached hydrogen (secondary N) is 2. The van der Waals surface area contributed by atoms with Crippen LogP contribution < -0.4 is 15.4 Å². The molecule has 2 amide bonds. The van der Waals surface area contributed by atoms with Crippen molar-refractivity contribution in [1.29, 1.82) is 0 Å². The molecule has 0 saturated heterocycles. The van der Waals surface area contributed by atoms with Gasteiger partial charge in [0.1, 0.15) is 5.75 Å². The van der Waals surface area contributed by atoms with Crippen molar-refractivity contribution in [3.63, 3.8) is 0 Å². The Labute approximate surface area is 180 Å². The molecule has 6 nitrogen and oxygen atoms in total. The van der Waals surface area contributed by atoms with Crippen LogP contribution in [0.2, 0.25) is 0 Å². The van der Waals surface area contributed by atoms with Gasteiger partial charge in [-0.25, -0.2) is 0 Å². The van der Waals surface area contributed by atoms with Crippen LogP contribution in [0.15, 0.2) is 72.8 Å². The Hall–Kier alpha value is -3.64. The summed E-state index contributed by atoms with van der Waals surface area (Å²) in [5.41, 5.74) is 5.15. The van der Waals surface area contributed by atoms with E-state index in [1.165, 1.54) is 16.7 Å². The lowest BCUT2D eigenvalue weighted by atomic mass is 10.1. The van der Waals surface area contributed by atoms with E-state index in [1.807, 2.05) is 30.3 Å². The van der Waals surface area contributed by atoms with Crippen LogP contribution >= 0.6 is 0 Å². The first kappa shape index (κ1) is 19.3. The summed E-state index contributed by atoms with van der Waals surface area (Å²) >= 11 is 0. The van der Waals surface area contributed by atoms with Gasteiger partial charge >= 0.3 is 0 Å². The number of nitrogens with zero attached hydrogens (tertiary/aromatic N) is 1. The number of fused-ring (bicyclic) bond motifs is 2. The molecule has 2 aliphatic heterocycles. The summed E-state index contributed by atoms with van der Waals surface area (Å²) < 4.78 is 5.72. The van der Waals surface area contributed by atoms with Crippen LogP contribution in [0.3, 0.4) is 0 Å². The second kappa shape index (κ2) is 8.24. The third-order valence-corrected chi connectivity index (χ3v) is 5.60. The molecule has 3 aromatic rings. The number of carbonyl (C=O) groups is 2. The van der Waals surface area contributed by atoms with Crippen LogP contribution in [0.4, 0.5) is 11.4 Å². The smallest absolute Gasteiger partial charge is 0.266 e. The van der Waals surface area contributed by atoms with Crippen molar-refractivity contribution in [2.75, 3.05) is 10.6 Å². The number of hydrogen-bond acceptors (Lipinski definition) is 4. The summed E-state index contributed by atoms with van der Waals surface area (Å²) in [5.74, 6) is 0.0221. The molecule has 5 rings (SSSR count). The van der Waals surface area contributed by atoms with E-state index in [1.54, 1.807) is 12.1 Å². The fourth-order valence-corrected chi connectivity index (χ4v) is 4.10. The second-order valence-corrected chi connectivity index (χ2v) is 7.96. The van der Waals surface area contributed by atoms with E-state index in [0.717, 1.165) is 25.3 Å². The highest BCUT2D eigenvalue weighted by molar-refractivity contribution is 6.02. The highest BCUT2D eigenvalue weighted by Crippen LogP contribution is 2.30. The van der Waals surface area contributed by atoms with Crippen molar-refractivity contribution in [3.05, 3.63) is 89.5 Å². The average Bonchev–Trinajstić information content (AvgIpc) is 3.16. The monoisotopic (exact) mass is 413 g/mol. The lowest BCUT2D eigenvalue weighted by molar-refractivity contribution is -0.128. The lowest BCUT2D eigenvalue weighted by Crippen LogP contribution is -2.39. The SMILES string of the molecule is O=C(C[C@H]1Oc2ccccc2NC1=O)Nc1ccc2c(c1)CN(Cc1ccccc1)C2. The first-order valence-corrected chi connectivity index (χ1v) is 10.4. The molecule has 2 aliphatic rings. The van der Waals surface area contributed by atoms with Gasteiger partial charge in [-0.2, -0.15) is 0 Å². The van der Waals surface area contributed by atoms with Crippen molar-refractivity contribution in [2.24, 2.45) is 0 Å². The summed E-state index contributed by atoms with van der Waals surface area (Å²) in [6.45, 7) is 2.64. The molecule has 2 N–H and O–H groups in total. The van der Waals surface area contributed by atoms with Crippen LogP contribution in [0, 0.1) is 0 Å². The molecular weight excluding hydrogens is 390 g/mol. The van der Waals surface area contributed by atoms with Gasteiger partial charge < -0.3 is 15.4 Å². The lowest BCUT2D eigenvalue weighted by Gasteiger charge is -2.25. The zero-order valence-electron chi connectivity index (χ0n) is 17.0. The molecule has 1 atom stereocenters. The topological polar surface area (TPSA) is 70.7 Å². The molecule has 0 radical (unpaired) electrons. The maximum atomic E-state index is 12.6. The predicted molar refractivity (Wildman–Crippen MR) is 119 cm³/mol. The van der Waals surface area contributed by atoms with E-state index < -0.39 is 6.10 Å². The molecule has 0 fully saturated rings. The molecule has 0 aliphatic carbocycles. The van der Waals surface area contributed by atoms with Gasteiger partial charge in [-0.3, -0.25) is 14.5 Å². The van der Waals surface area contributed by atoms with Crippen LogP contribution in [0.25, 0.3) is 0 Å². The van der Waals surface area contributed by atoms with Crippen molar-refractivity contribution < 1.29 is 14.3 Å². The summed E-state index contributed by atoms with van der Waals surface area (Å²) in [6.07, 6.45) is -0.886. The maximum Gasteiger partial charge on any atom is 0.266 e. The largest absolute Gasteiger partial charge is 0.478 e. The third-order valence-electron chi connectivity index (χ3n) is 5.60. The number of hydrogen-bond donors (Lipinski definition) is 2. The Kier molecular flexibility index (Phi) is 5.14. The van der Waals surface area contributed by atoms with Crippen molar-refractivity contribution in [1.82, 2.24) is 4.90 Å². The van der Waals surface area contributed by atoms with Gasteiger partial charge in [0, 0.05) is 25.3 Å². The first-order valence-electron chi connectivity index (χ1n) is 10.4. The van der Waals surface area contributed by atoms with E-state index >= 15 is 0 Å². The zero-order chi connectivity index (χ0) is 21.2. The van der Waals surface area contributed by atoms with E-state index in [-0.39, 0.29) is 18.2 Å². The maximum absolute atomic E-state index is 12.6. The van der Waals surface area contributed by atoms with Crippen LogP contribution in [0.1, 0.15) is 23.1 Å². The molecule has 156 valence electrons. The molecule has 31 heavy (non-hydrogen) atoms. The number of amides is 2. The van der Waals surface area contributed by atoms with Crippen molar-refractivity contribution in [2.45, 2.75) is 32.2 Å². The fraction of sp³-hybridized carbons (Fsp3) is 0.200. The molecular formula is C25H23N3O3. The summed E-state index contributed by atoms with van der Waals surface area (Å²) in [7, 11) is 0. The van der Waals surface area contributed by atoms with Gasteiger partial charge in [0.25, 0.3) is 5.91 Å². The molecule has 6 heteroatoms. The highest BCUT2D eigenvalue weighted by Gasteiger charge is 2.29. The summed E-state index contributed by atoms with van der Waals surface area (Å²) in [6, 6.07) is 23.6. The number of rotatable bonds is 5. The van der Waals surface area contributed by atoms with Crippen molar-refractivity contribution >= 4 is 23.2 Å². The average molecular weight is 413 g/mol. The second-order valence-electron chi connectivity index (χ2n) is 7.96. The predicted octanol–water partition coefficient (Wildman–Crippen LogP) is 3.93. The third kappa shape index (κ3) is 4.29. The minimum Gasteiger partial charge on any atom is -0.478 e. The van der Waals surface area contributed by atoms with Gasteiger partial charge in [0.2, 0.25) is 5.91 Å². The number of benzene rings is 3. The van der Waals surface area contributed by atoms with E-state index in [2.05, 4.69) is 45.9 Å². The van der Waals surface area contributed by atoms with E-state index in [0.29, 0.717) is 11.4 Å². The Morgan fingerprint density at radius 2 is 1.77 bits per heavy atom. The Morgan fingerprint density at radius 1 is 1.00 bits per heavy atom. The number of ether oxygens (including phenoxy) is 1. The van der Waals surface area contributed by atoms with Gasteiger partial charge in [-0.05, 0) is 41.0 Å². The van der Waals surface area contributed by atoms with E-state index in [4.69, 9.17) is 4.74 Å². The standard InChI is InChI=1S/C25H23N3O3/c29-24(13-23-25(30)27-21-8-4-5-9-22(21)31-23)26-20-11-10-18-15-28(16-19(18)12-20)14-17-6-2-1-3-7-17/h1-12,23H,13-16H2,(H,26,29)(H,27,30)/t23-/m1/s1. The number of para-hydroxylation sites is 2. The van der Waals surface area contributed by atoms with Crippen LogP contribution in [0.5, 0.6) is 5.75 Å². The molecule has 0 bridgehead atoms. The van der Waals surface area contributed by atoms with Gasteiger partial charge in [-0.1, -0.05) is 48.5 Å². The number of carbonyl (C=O) groups excluding carboxylic acids is 2. The molecule has 0 spiro atoms. The highest BCUT2D eigenvalue weighted by atomic mass is 16.5. The van der Waals surface area contributed by atoms with Gasteiger partial charge in [-0.15, -0.1) is 0 Å². The molecule has 0 saturated carbocycles. The van der Waals surface area contributed by atoms with Gasteiger partial charge in [0.15, 0.2) is 6.10 Å². The van der Waals surface area contributed by atoms with Gasteiger partial charge in [0.05, 0.1) is 12.1 Å². The zero-order valence-corrected chi connectivity index (χ0v) is 17.0. The van der Waals surface area contributed by atoms with Crippen molar-refractivity contribution in [3.8, 4) is 5.75 Å². The molecule has 3 aromatic carbocycles. The summed E-state index contributed by atoms with van der Waals surface area (Å²) in [4.78, 5) is 27.2. The van der Waals surface area contributed by atoms with Crippen LogP contribution in [-0.4, -0.2) is 22.8 Å². The molecule has 0 aromatic heterocycles.